The number of ketones is 1. The van der Waals surface area contributed by atoms with Gasteiger partial charge in [0.15, 0.2) is 6.61 Å². The van der Waals surface area contributed by atoms with Crippen LogP contribution in [0.25, 0.3) is 0 Å². The quantitative estimate of drug-likeness (QED) is 0.323. The lowest BCUT2D eigenvalue weighted by molar-refractivity contribution is 0.0472. The van der Waals surface area contributed by atoms with Gasteiger partial charge >= 0.3 is 11.9 Å². The fourth-order valence-corrected chi connectivity index (χ4v) is 4.79. The molecule has 1 heterocycles. The van der Waals surface area contributed by atoms with E-state index in [1.165, 1.54) is 30.3 Å². The van der Waals surface area contributed by atoms with Gasteiger partial charge in [-0.3, -0.25) is 9.52 Å². The molecule has 2 aromatic carbocycles. The van der Waals surface area contributed by atoms with Gasteiger partial charge in [-0.15, -0.1) is 0 Å². The first-order chi connectivity index (χ1) is 16.9. The summed E-state index contributed by atoms with van der Waals surface area (Å²) >= 11 is 0. The van der Waals surface area contributed by atoms with Gasteiger partial charge in [-0.25, -0.2) is 18.0 Å². The van der Waals surface area contributed by atoms with Gasteiger partial charge in [-0.1, -0.05) is 6.07 Å². The molecule has 190 valence electrons. The molecule has 36 heavy (non-hydrogen) atoms. The molecular formula is C26H28N2O7S. The molecule has 3 rings (SSSR count). The minimum atomic E-state index is -3.81. The van der Waals surface area contributed by atoms with Crippen LogP contribution in [0.1, 0.15) is 60.5 Å². The van der Waals surface area contributed by atoms with Crippen LogP contribution in [-0.4, -0.2) is 44.3 Å². The van der Waals surface area contributed by atoms with Crippen LogP contribution >= 0.6 is 0 Å². The number of sulfonamides is 1. The van der Waals surface area contributed by atoms with Crippen LogP contribution in [0.5, 0.6) is 0 Å². The number of carbonyl (C=O) groups excluding carboxylic acids is 3. The maximum absolute atomic E-state index is 12.8. The highest BCUT2D eigenvalue weighted by Crippen LogP contribution is 2.22. The van der Waals surface area contributed by atoms with E-state index in [1.807, 2.05) is 13.8 Å². The van der Waals surface area contributed by atoms with Crippen molar-refractivity contribution in [2.24, 2.45) is 0 Å². The average molecular weight is 513 g/mol. The van der Waals surface area contributed by atoms with E-state index in [0.717, 1.165) is 11.1 Å². The SMILES string of the molecule is CCOC(=O)c1c(C)[nH]c(C)c1C(=O)COC(=O)c1ccc(NS(=O)(=O)c2ccc(C)c(C)c2)cc1. The summed E-state index contributed by atoms with van der Waals surface area (Å²) in [7, 11) is -3.81. The Morgan fingerprint density at radius 2 is 1.47 bits per heavy atom. The first-order valence-electron chi connectivity index (χ1n) is 11.2. The van der Waals surface area contributed by atoms with Crippen molar-refractivity contribution in [2.45, 2.75) is 39.5 Å². The summed E-state index contributed by atoms with van der Waals surface area (Å²) in [5.74, 6) is -1.95. The number of carbonyl (C=O) groups is 3. The number of hydrogen-bond acceptors (Lipinski definition) is 7. The molecule has 1 aromatic heterocycles. The summed E-state index contributed by atoms with van der Waals surface area (Å²) in [5.41, 5.74) is 3.42. The molecule has 0 saturated heterocycles. The molecule has 0 radical (unpaired) electrons. The topological polar surface area (TPSA) is 132 Å². The number of esters is 2. The summed E-state index contributed by atoms with van der Waals surface area (Å²) in [4.78, 5) is 40.6. The Labute approximate surface area is 209 Å². The van der Waals surface area contributed by atoms with Crippen molar-refractivity contribution in [3.63, 3.8) is 0 Å². The number of hydrogen-bond donors (Lipinski definition) is 2. The molecule has 0 aliphatic carbocycles. The Morgan fingerprint density at radius 1 is 0.833 bits per heavy atom. The van der Waals surface area contributed by atoms with Crippen LogP contribution in [0, 0.1) is 27.7 Å². The normalized spacial score (nSPS) is 11.1. The van der Waals surface area contributed by atoms with Gasteiger partial charge in [0.1, 0.15) is 0 Å². The number of Topliss-reactive ketones (excluding diaryl/α,β-unsaturated/α-hetero) is 1. The predicted octanol–water partition coefficient (Wildman–Crippen LogP) is 4.27. The second-order valence-corrected chi connectivity index (χ2v) is 9.96. The highest BCUT2D eigenvalue weighted by molar-refractivity contribution is 7.92. The fraction of sp³-hybridized carbons (Fsp3) is 0.269. The van der Waals surface area contributed by atoms with Gasteiger partial charge in [0.2, 0.25) is 5.78 Å². The van der Waals surface area contributed by atoms with E-state index in [9.17, 15) is 22.8 Å². The number of H-pyrrole nitrogens is 1. The first-order valence-corrected chi connectivity index (χ1v) is 12.7. The molecule has 0 bridgehead atoms. The Bertz CT molecular complexity index is 1420. The van der Waals surface area contributed by atoms with Crippen LogP contribution in [-0.2, 0) is 19.5 Å². The molecule has 9 nitrogen and oxygen atoms in total. The third-order valence-electron chi connectivity index (χ3n) is 5.63. The number of anilines is 1. The first kappa shape index (κ1) is 26.7. The molecule has 10 heteroatoms. The number of ether oxygens (including phenoxy) is 2. The van der Waals surface area contributed by atoms with Crippen molar-refractivity contribution in [1.29, 1.82) is 0 Å². The van der Waals surface area contributed by atoms with Gasteiger partial charge in [-0.2, -0.15) is 0 Å². The molecule has 2 N–H and O–H groups in total. The molecule has 0 fully saturated rings. The Hall–Kier alpha value is -3.92. The van der Waals surface area contributed by atoms with Crippen LogP contribution < -0.4 is 4.72 Å². The highest BCUT2D eigenvalue weighted by Gasteiger charge is 2.26. The maximum Gasteiger partial charge on any atom is 0.340 e. The van der Waals surface area contributed by atoms with Gasteiger partial charge < -0.3 is 14.5 Å². The minimum absolute atomic E-state index is 0.120. The average Bonchev–Trinajstić information content (AvgIpc) is 3.13. The van der Waals surface area contributed by atoms with E-state index < -0.39 is 34.4 Å². The van der Waals surface area contributed by atoms with Crippen molar-refractivity contribution >= 4 is 33.4 Å². The number of benzene rings is 2. The standard InChI is InChI=1S/C26H28N2O7S/c1-6-34-26(31)24-18(5)27-17(4)23(24)22(29)14-35-25(30)19-8-10-20(11-9-19)28-36(32,33)21-12-7-15(2)16(3)13-21/h7-13,27-28H,6,14H2,1-5H3. The molecule has 3 aromatic rings. The van der Waals surface area contributed by atoms with Crippen molar-refractivity contribution in [1.82, 2.24) is 4.98 Å². The summed E-state index contributed by atoms with van der Waals surface area (Å²) in [6.45, 7) is 8.25. The molecule has 0 unspecified atom stereocenters. The summed E-state index contributed by atoms with van der Waals surface area (Å²) < 4.78 is 38.0. The lowest BCUT2D eigenvalue weighted by Crippen LogP contribution is -2.18. The van der Waals surface area contributed by atoms with Gasteiger partial charge in [0.25, 0.3) is 10.0 Å². The van der Waals surface area contributed by atoms with E-state index in [0.29, 0.717) is 11.4 Å². The fourth-order valence-electron chi connectivity index (χ4n) is 3.64. The molecule has 0 aliphatic rings. The molecule has 0 saturated carbocycles. The second kappa shape index (κ2) is 10.8. The van der Waals surface area contributed by atoms with Gasteiger partial charge in [0, 0.05) is 17.1 Å². The summed E-state index contributed by atoms with van der Waals surface area (Å²) in [5, 5.41) is 0. The zero-order valence-corrected chi connectivity index (χ0v) is 21.5. The number of aryl methyl sites for hydroxylation is 4. The van der Waals surface area contributed by atoms with E-state index in [-0.39, 0.29) is 33.9 Å². The lowest BCUT2D eigenvalue weighted by atomic mass is 10.1. The third kappa shape index (κ3) is 5.83. The molecule has 0 aliphatic heterocycles. The third-order valence-corrected chi connectivity index (χ3v) is 7.01. The van der Waals surface area contributed by atoms with Crippen LogP contribution in [0.4, 0.5) is 5.69 Å². The van der Waals surface area contributed by atoms with Crippen molar-refractivity contribution < 1.29 is 32.3 Å². The summed E-state index contributed by atoms with van der Waals surface area (Å²) in [6.07, 6.45) is 0. The summed E-state index contributed by atoms with van der Waals surface area (Å²) in [6, 6.07) is 10.5. The lowest BCUT2D eigenvalue weighted by Gasteiger charge is -2.10. The van der Waals surface area contributed by atoms with Crippen LogP contribution in [0.3, 0.4) is 0 Å². The zero-order chi connectivity index (χ0) is 26.6. The van der Waals surface area contributed by atoms with E-state index in [2.05, 4.69) is 9.71 Å². The number of aromatic nitrogens is 1. The second-order valence-electron chi connectivity index (χ2n) is 8.27. The van der Waals surface area contributed by atoms with Crippen LogP contribution in [0.15, 0.2) is 47.4 Å². The number of aromatic amines is 1. The van der Waals surface area contributed by atoms with Crippen molar-refractivity contribution in [3.8, 4) is 0 Å². The Kier molecular flexibility index (Phi) is 7.99. The smallest absolute Gasteiger partial charge is 0.340 e. The predicted molar refractivity (Wildman–Crippen MR) is 134 cm³/mol. The monoisotopic (exact) mass is 512 g/mol. The Balaban J connectivity index is 1.67. The van der Waals surface area contributed by atoms with E-state index in [1.54, 1.807) is 32.9 Å². The molecular weight excluding hydrogens is 484 g/mol. The number of rotatable bonds is 9. The maximum atomic E-state index is 12.8. The molecule has 0 spiro atoms. The van der Waals surface area contributed by atoms with Gasteiger partial charge in [0.05, 0.1) is 28.2 Å². The molecule has 0 atom stereocenters. The number of nitrogens with one attached hydrogen (secondary N) is 2. The van der Waals surface area contributed by atoms with E-state index >= 15 is 0 Å². The van der Waals surface area contributed by atoms with Crippen molar-refractivity contribution in [2.75, 3.05) is 17.9 Å². The van der Waals surface area contributed by atoms with Gasteiger partial charge in [-0.05, 0) is 82.1 Å². The Morgan fingerprint density at radius 3 is 2.08 bits per heavy atom. The molecule has 0 amide bonds. The van der Waals surface area contributed by atoms with Crippen LogP contribution in [0.2, 0.25) is 0 Å². The minimum Gasteiger partial charge on any atom is -0.462 e. The van der Waals surface area contributed by atoms with E-state index in [4.69, 9.17) is 9.47 Å². The highest BCUT2D eigenvalue weighted by atomic mass is 32.2. The van der Waals surface area contributed by atoms with Crippen molar-refractivity contribution in [3.05, 3.63) is 81.7 Å². The largest absolute Gasteiger partial charge is 0.462 e. The zero-order valence-electron chi connectivity index (χ0n) is 20.7.